The van der Waals surface area contributed by atoms with E-state index >= 15 is 0 Å². The van der Waals surface area contributed by atoms with E-state index in [0.29, 0.717) is 24.7 Å². The summed E-state index contributed by atoms with van der Waals surface area (Å²) in [6.45, 7) is 5.28. The number of amides is 1. The molecule has 0 radical (unpaired) electrons. The molecule has 7 nitrogen and oxygen atoms in total. The molecule has 0 bridgehead atoms. The molecular formula is C25H30F3N5O2S. The van der Waals surface area contributed by atoms with Gasteiger partial charge >= 0.3 is 6.36 Å². The molecule has 2 N–H and O–H groups in total. The Morgan fingerprint density at radius 1 is 1.28 bits per heavy atom. The Morgan fingerprint density at radius 2 is 2.03 bits per heavy atom. The van der Waals surface area contributed by atoms with E-state index in [1.165, 1.54) is 23.9 Å². The Morgan fingerprint density at radius 3 is 2.64 bits per heavy atom. The van der Waals surface area contributed by atoms with Crippen molar-refractivity contribution in [2.75, 3.05) is 24.5 Å². The number of likely N-dealkylation sites (tertiary alicyclic amines) is 1. The topological polar surface area (TPSA) is 73.5 Å². The average molecular weight is 522 g/mol. The number of aromatic nitrogens is 2. The molecule has 1 fully saturated rings. The van der Waals surface area contributed by atoms with Crippen molar-refractivity contribution in [2.45, 2.75) is 51.2 Å². The summed E-state index contributed by atoms with van der Waals surface area (Å²) in [7, 11) is 0. The number of nitrogens with one attached hydrogen (secondary N) is 2. The molecule has 11 heteroatoms. The number of rotatable bonds is 10. The molecule has 3 heterocycles. The number of ether oxygens (including phenoxy) is 1. The molecule has 3 aromatic rings. The molecule has 1 atom stereocenters. The van der Waals surface area contributed by atoms with Crippen molar-refractivity contribution in [3.05, 3.63) is 64.6 Å². The minimum absolute atomic E-state index is 0.134. The van der Waals surface area contributed by atoms with E-state index in [-0.39, 0.29) is 17.7 Å². The first kappa shape index (κ1) is 26.0. The van der Waals surface area contributed by atoms with Crippen molar-refractivity contribution in [3.63, 3.8) is 0 Å². The van der Waals surface area contributed by atoms with Crippen molar-refractivity contribution < 1.29 is 22.7 Å². The standard InChI is InChI=1S/C25H30F3N5O2S/c1-18(6-10-29-24(34)20-14-30-31-15-20)32-11-7-22(8-12-32)33(16-19-9-13-36-17-19)21-2-4-23(5-3-21)35-25(26,27)28/h2-5,9,13-15,17-18,22H,6-8,10-12,16H2,1H3,(H,29,34)(H,30,31)/t18-/m1/s1. The summed E-state index contributed by atoms with van der Waals surface area (Å²) in [4.78, 5) is 16.8. The van der Waals surface area contributed by atoms with Crippen LogP contribution in [0, 0.1) is 0 Å². The first-order chi connectivity index (χ1) is 17.3. The van der Waals surface area contributed by atoms with Crippen molar-refractivity contribution in [3.8, 4) is 5.75 Å². The van der Waals surface area contributed by atoms with Crippen LogP contribution in [0.5, 0.6) is 5.75 Å². The van der Waals surface area contributed by atoms with E-state index in [2.05, 4.69) is 48.4 Å². The Hall–Kier alpha value is -3.05. The number of halogens is 3. The third-order valence-electron chi connectivity index (χ3n) is 6.51. The lowest BCUT2D eigenvalue weighted by atomic mass is 9.99. The first-order valence-electron chi connectivity index (χ1n) is 11.9. The number of hydrogen-bond donors (Lipinski definition) is 2. The van der Waals surface area contributed by atoms with Gasteiger partial charge in [-0.1, -0.05) is 0 Å². The number of carbonyl (C=O) groups is 1. The van der Waals surface area contributed by atoms with Crippen LogP contribution in [0.2, 0.25) is 0 Å². The lowest BCUT2D eigenvalue weighted by Crippen LogP contribution is -2.48. The Kier molecular flexibility index (Phi) is 8.52. The molecule has 194 valence electrons. The SMILES string of the molecule is C[C@H](CCNC(=O)c1cn[nH]c1)N1CCC(N(Cc2ccsc2)c2ccc(OC(F)(F)F)cc2)CC1. The Balaban J connectivity index is 1.33. The zero-order valence-corrected chi connectivity index (χ0v) is 20.8. The summed E-state index contributed by atoms with van der Waals surface area (Å²) in [5.74, 6) is -0.351. The summed E-state index contributed by atoms with van der Waals surface area (Å²) < 4.78 is 41.7. The zero-order chi connectivity index (χ0) is 25.5. The number of piperidine rings is 1. The van der Waals surface area contributed by atoms with E-state index in [9.17, 15) is 18.0 Å². The van der Waals surface area contributed by atoms with Crippen LogP contribution in [0.1, 0.15) is 42.1 Å². The van der Waals surface area contributed by atoms with Gasteiger partial charge in [0, 0.05) is 50.1 Å². The fraction of sp³-hybridized carbons (Fsp3) is 0.440. The van der Waals surface area contributed by atoms with Crippen LogP contribution < -0.4 is 15.0 Å². The van der Waals surface area contributed by atoms with Gasteiger partial charge in [-0.25, -0.2) is 0 Å². The third-order valence-corrected chi connectivity index (χ3v) is 7.24. The zero-order valence-electron chi connectivity index (χ0n) is 20.0. The predicted octanol–water partition coefficient (Wildman–Crippen LogP) is 5.05. The molecule has 4 rings (SSSR count). The van der Waals surface area contributed by atoms with Crippen LogP contribution in [0.3, 0.4) is 0 Å². The number of hydrogen-bond acceptors (Lipinski definition) is 6. The monoisotopic (exact) mass is 521 g/mol. The van der Waals surface area contributed by atoms with Crippen LogP contribution in [0.25, 0.3) is 0 Å². The van der Waals surface area contributed by atoms with E-state index in [1.807, 2.05) is 5.38 Å². The van der Waals surface area contributed by atoms with Crippen molar-refractivity contribution in [2.24, 2.45) is 0 Å². The fourth-order valence-corrected chi connectivity index (χ4v) is 5.20. The number of alkyl halides is 3. The van der Waals surface area contributed by atoms with Crippen LogP contribution in [0.15, 0.2) is 53.5 Å². The van der Waals surface area contributed by atoms with Gasteiger partial charge in [0.25, 0.3) is 5.91 Å². The summed E-state index contributed by atoms with van der Waals surface area (Å²) in [5.41, 5.74) is 2.58. The van der Waals surface area contributed by atoms with E-state index in [0.717, 1.165) is 38.0 Å². The molecule has 1 saturated heterocycles. The number of anilines is 1. The summed E-state index contributed by atoms with van der Waals surface area (Å²) in [6, 6.07) is 8.81. The van der Waals surface area contributed by atoms with Gasteiger partial charge in [0.2, 0.25) is 0 Å². The van der Waals surface area contributed by atoms with Gasteiger partial charge in [-0.3, -0.25) is 9.89 Å². The predicted molar refractivity (Wildman–Crippen MR) is 133 cm³/mol. The first-order valence-corrected chi connectivity index (χ1v) is 12.9. The minimum atomic E-state index is -4.70. The van der Waals surface area contributed by atoms with Gasteiger partial charge in [-0.2, -0.15) is 16.4 Å². The second kappa shape index (κ2) is 11.8. The van der Waals surface area contributed by atoms with E-state index in [1.54, 1.807) is 29.7 Å². The normalized spacial score (nSPS) is 16.0. The second-order valence-electron chi connectivity index (χ2n) is 8.95. The van der Waals surface area contributed by atoms with Crippen molar-refractivity contribution in [1.82, 2.24) is 20.4 Å². The molecule has 0 spiro atoms. The number of aromatic amines is 1. The maximum absolute atomic E-state index is 12.6. The van der Waals surface area contributed by atoms with Gasteiger partial charge in [0.15, 0.2) is 0 Å². The number of H-pyrrole nitrogens is 1. The van der Waals surface area contributed by atoms with Gasteiger partial charge in [0.05, 0.1) is 11.8 Å². The molecule has 1 aromatic carbocycles. The summed E-state index contributed by atoms with van der Waals surface area (Å²) >= 11 is 1.63. The summed E-state index contributed by atoms with van der Waals surface area (Å²) in [5, 5.41) is 13.5. The molecule has 1 amide bonds. The van der Waals surface area contributed by atoms with Crippen LogP contribution in [0.4, 0.5) is 18.9 Å². The second-order valence-corrected chi connectivity index (χ2v) is 9.73. The molecular weight excluding hydrogens is 491 g/mol. The average Bonchev–Trinajstić information content (AvgIpc) is 3.57. The van der Waals surface area contributed by atoms with Crippen molar-refractivity contribution >= 4 is 22.9 Å². The van der Waals surface area contributed by atoms with E-state index in [4.69, 9.17) is 0 Å². The maximum Gasteiger partial charge on any atom is 0.573 e. The van der Waals surface area contributed by atoms with Crippen LogP contribution >= 0.6 is 11.3 Å². The van der Waals surface area contributed by atoms with Gasteiger partial charge < -0.3 is 19.9 Å². The minimum Gasteiger partial charge on any atom is -0.406 e. The smallest absolute Gasteiger partial charge is 0.406 e. The number of benzene rings is 1. The highest BCUT2D eigenvalue weighted by atomic mass is 32.1. The number of thiophene rings is 1. The highest BCUT2D eigenvalue weighted by Crippen LogP contribution is 2.30. The van der Waals surface area contributed by atoms with Crippen LogP contribution in [-0.2, 0) is 6.54 Å². The molecule has 1 aliphatic rings. The quantitative estimate of drug-likeness (QED) is 0.391. The Bertz CT molecular complexity index is 1070. The highest BCUT2D eigenvalue weighted by Gasteiger charge is 2.31. The fourth-order valence-electron chi connectivity index (χ4n) is 4.54. The largest absolute Gasteiger partial charge is 0.573 e. The molecule has 0 unspecified atom stereocenters. The lowest BCUT2D eigenvalue weighted by Gasteiger charge is -2.42. The summed E-state index contributed by atoms with van der Waals surface area (Å²) in [6.07, 6.45) is 1.09. The number of carbonyl (C=O) groups excluding carboxylic acids is 1. The van der Waals surface area contributed by atoms with E-state index < -0.39 is 6.36 Å². The van der Waals surface area contributed by atoms with Crippen molar-refractivity contribution in [1.29, 1.82) is 0 Å². The highest BCUT2D eigenvalue weighted by molar-refractivity contribution is 7.07. The number of nitrogens with zero attached hydrogens (tertiary/aromatic N) is 3. The molecule has 36 heavy (non-hydrogen) atoms. The Labute approximate surface area is 212 Å². The third kappa shape index (κ3) is 7.23. The van der Waals surface area contributed by atoms with Gasteiger partial charge in [-0.15, -0.1) is 13.2 Å². The van der Waals surface area contributed by atoms with Crippen LogP contribution in [-0.4, -0.2) is 59.1 Å². The molecule has 0 saturated carbocycles. The lowest BCUT2D eigenvalue weighted by molar-refractivity contribution is -0.274. The van der Waals surface area contributed by atoms with Gasteiger partial charge in [-0.05, 0) is 72.8 Å². The molecule has 2 aromatic heterocycles. The maximum atomic E-state index is 12.6. The van der Waals surface area contributed by atoms with Gasteiger partial charge in [0.1, 0.15) is 5.75 Å². The molecule has 0 aliphatic carbocycles. The molecule has 1 aliphatic heterocycles.